The van der Waals surface area contributed by atoms with Gasteiger partial charge in [-0.25, -0.2) is 4.79 Å². The molecule has 4 nitrogen and oxygen atoms in total. The summed E-state index contributed by atoms with van der Waals surface area (Å²) in [7, 11) is 2.97. The van der Waals surface area contributed by atoms with Gasteiger partial charge in [0.05, 0.1) is 25.3 Å². The van der Waals surface area contributed by atoms with Crippen molar-refractivity contribution in [2.24, 2.45) is 0 Å². The van der Waals surface area contributed by atoms with E-state index in [2.05, 4.69) is 4.98 Å². The number of hydrogen-bond donors (Lipinski definition) is 0. The van der Waals surface area contributed by atoms with Gasteiger partial charge in [0.1, 0.15) is 5.75 Å². The first kappa shape index (κ1) is 12.4. The average molecular weight is 245 g/mol. The molecule has 0 spiro atoms. The fourth-order valence-corrected chi connectivity index (χ4v) is 2.00. The van der Waals surface area contributed by atoms with Gasteiger partial charge in [0, 0.05) is 17.1 Å². The number of carbonyl (C=O) groups excluding carboxylic acids is 1. The van der Waals surface area contributed by atoms with Crippen molar-refractivity contribution >= 4 is 16.9 Å². The molecule has 0 bridgehead atoms. The Bertz CT molecular complexity index is 620. The summed E-state index contributed by atoms with van der Waals surface area (Å²) in [6, 6.07) is 5.38. The van der Waals surface area contributed by atoms with E-state index in [9.17, 15) is 4.79 Å². The fourth-order valence-electron chi connectivity index (χ4n) is 2.00. The fraction of sp³-hybridized carbons (Fsp3) is 0.286. The molecule has 0 saturated carbocycles. The van der Waals surface area contributed by atoms with Crippen LogP contribution in [0.1, 0.15) is 21.6 Å². The molecule has 94 valence electrons. The molecule has 2 aromatic rings. The molecule has 0 atom stereocenters. The molecule has 0 N–H and O–H groups in total. The van der Waals surface area contributed by atoms with Crippen LogP contribution in [0.3, 0.4) is 0 Å². The molecular weight excluding hydrogens is 230 g/mol. The van der Waals surface area contributed by atoms with Crippen molar-refractivity contribution < 1.29 is 14.3 Å². The van der Waals surface area contributed by atoms with E-state index in [1.165, 1.54) is 7.11 Å². The number of rotatable bonds is 2. The molecule has 0 amide bonds. The lowest BCUT2D eigenvalue weighted by Crippen LogP contribution is -2.03. The smallest absolute Gasteiger partial charge is 0.337 e. The van der Waals surface area contributed by atoms with E-state index in [0.717, 1.165) is 22.2 Å². The maximum absolute atomic E-state index is 11.6. The van der Waals surface area contributed by atoms with E-state index < -0.39 is 0 Å². The zero-order chi connectivity index (χ0) is 13.3. The summed E-state index contributed by atoms with van der Waals surface area (Å²) in [6.45, 7) is 3.83. The van der Waals surface area contributed by atoms with Gasteiger partial charge in [0.25, 0.3) is 0 Å². The highest BCUT2D eigenvalue weighted by Gasteiger charge is 2.12. The van der Waals surface area contributed by atoms with Crippen LogP contribution in [-0.4, -0.2) is 25.2 Å². The van der Waals surface area contributed by atoms with E-state index in [4.69, 9.17) is 9.47 Å². The summed E-state index contributed by atoms with van der Waals surface area (Å²) in [4.78, 5) is 16.1. The predicted molar refractivity (Wildman–Crippen MR) is 69.1 cm³/mol. The second-order valence-electron chi connectivity index (χ2n) is 4.15. The maximum Gasteiger partial charge on any atom is 0.337 e. The van der Waals surface area contributed by atoms with Crippen LogP contribution >= 0.6 is 0 Å². The number of fused-ring (bicyclic) bond motifs is 1. The van der Waals surface area contributed by atoms with Gasteiger partial charge in [-0.2, -0.15) is 0 Å². The van der Waals surface area contributed by atoms with Crippen molar-refractivity contribution in [3.63, 3.8) is 0 Å². The number of nitrogens with zero attached hydrogens (tertiary/aromatic N) is 1. The van der Waals surface area contributed by atoms with Crippen molar-refractivity contribution in [2.45, 2.75) is 13.8 Å². The van der Waals surface area contributed by atoms with Crippen LogP contribution in [-0.2, 0) is 4.74 Å². The zero-order valence-corrected chi connectivity index (χ0v) is 10.9. The molecule has 0 unspecified atom stereocenters. The normalized spacial score (nSPS) is 10.4. The second kappa shape index (κ2) is 4.64. The minimum Gasteiger partial charge on any atom is -0.496 e. The molecule has 18 heavy (non-hydrogen) atoms. The Labute approximate surface area is 106 Å². The number of methoxy groups -OCH3 is 2. The number of pyridine rings is 1. The topological polar surface area (TPSA) is 48.4 Å². The number of hydrogen-bond acceptors (Lipinski definition) is 4. The lowest BCUT2D eigenvalue weighted by atomic mass is 10.0. The first-order valence-corrected chi connectivity index (χ1v) is 5.61. The SMILES string of the molecule is COC(=O)c1cc(C)c2nc(C)cc(OC)c2c1. The van der Waals surface area contributed by atoms with Gasteiger partial charge in [0.15, 0.2) is 0 Å². The van der Waals surface area contributed by atoms with Gasteiger partial charge in [0.2, 0.25) is 0 Å². The third-order valence-corrected chi connectivity index (χ3v) is 2.84. The monoisotopic (exact) mass is 245 g/mol. The van der Waals surface area contributed by atoms with Crippen LogP contribution in [0.5, 0.6) is 5.75 Å². The Kier molecular flexibility index (Phi) is 3.19. The van der Waals surface area contributed by atoms with Crippen LogP contribution in [0.15, 0.2) is 18.2 Å². The lowest BCUT2D eigenvalue weighted by molar-refractivity contribution is 0.0601. The second-order valence-corrected chi connectivity index (χ2v) is 4.15. The number of aryl methyl sites for hydroxylation is 2. The van der Waals surface area contributed by atoms with Crippen LogP contribution in [0.2, 0.25) is 0 Å². The summed E-state index contributed by atoms with van der Waals surface area (Å²) < 4.78 is 10.1. The Morgan fingerprint density at radius 1 is 1.17 bits per heavy atom. The first-order valence-electron chi connectivity index (χ1n) is 5.61. The van der Waals surface area contributed by atoms with Crippen molar-refractivity contribution in [2.75, 3.05) is 14.2 Å². The zero-order valence-electron chi connectivity index (χ0n) is 10.9. The van der Waals surface area contributed by atoms with E-state index in [-0.39, 0.29) is 5.97 Å². The molecule has 0 aliphatic rings. The Morgan fingerprint density at radius 2 is 1.89 bits per heavy atom. The van der Waals surface area contributed by atoms with Crippen molar-refractivity contribution in [1.29, 1.82) is 0 Å². The van der Waals surface area contributed by atoms with Gasteiger partial charge in [-0.15, -0.1) is 0 Å². The minimum absolute atomic E-state index is 0.359. The van der Waals surface area contributed by atoms with Gasteiger partial charge in [-0.05, 0) is 31.5 Å². The molecule has 0 radical (unpaired) electrons. The molecule has 0 fully saturated rings. The predicted octanol–water partition coefficient (Wildman–Crippen LogP) is 2.65. The Balaban J connectivity index is 2.78. The number of benzene rings is 1. The summed E-state index contributed by atoms with van der Waals surface area (Å²) in [5, 5.41) is 0.823. The molecular formula is C14H15NO3. The summed E-state index contributed by atoms with van der Waals surface area (Å²) in [5.41, 5.74) is 3.16. The highest BCUT2D eigenvalue weighted by molar-refractivity contribution is 5.97. The van der Waals surface area contributed by atoms with Crippen LogP contribution < -0.4 is 4.74 Å². The number of esters is 1. The summed E-state index contributed by atoms with van der Waals surface area (Å²) >= 11 is 0. The largest absolute Gasteiger partial charge is 0.496 e. The summed E-state index contributed by atoms with van der Waals surface area (Å²) in [5.74, 6) is 0.356. The quantitative estimate of drug-likeness (QED) is 0.763. The minimum atomic E-state index is -0.359. The van der Waals surface area contributed by atoms with E-state index >= 15 is 0 Å². The molecule has 1 aromatic heterocycles. The van der Waals surface area contributed by atoms with Gasteiger partial charge < -0.3 is 9.47 Å². The molecule has 0 saturated heterocycles. The highest BCUT2D eigenvalue weighted by Crippen LogP contribution is 2.28. The van der Waals surface area contributed by atoms with Gasteiger partial charge in [-0.3, -0.25) is 4.98 Å². The Morgan fingerprint density at radius 3 is 2.50 bits per heavy atom. The number of ether oxygens (including phenoxy) is 2. The van der Waals surface area contributed by atoms with Crippen LogP contribution in [0, 0.1) is 13.8 Å². The van der Waals surface area contributed by atoms with Crippen molar-refractivity contribution in [1.82, 2.24) is 4.98 Å². The molecule has 1 aromatic carbocycles. The first-order chi connectivity index (χ1) is 8.56. The lowest BCUT2D eigenvalue weighted by Gasteiger charge is -2.10. The van der Waals surface area contributed by atoms with Crippen LogP contribution in [0.25, 0.3) is 10.9 Å². The number of aromatic nitrogens is 1. The summed E-state index contributed by atoms with van der Waals surface area (Å²) in [6.07, 6.45) is 0. The third-order valence-electron chi connectivity index (χ3n) is 2.84. The van der Waals surface area contributed by atoms with Crippen LogP contribution in [0.4, 0.5) is 0 Å². The Hall–Kier alpha value is -2.10. The van der Waals surface area contributed by atoms with E-state index in [0.29, 0.717) is 11.3 Å². The van der Waals surface area contributed by atoms with Crippen molar-refractivity contribution in [3.8, 4) is 5.75 Å². The average Bonchev–Trinajstić information content (AvgIpc) is 2.37. The number of carbonyl (C=O) groups is 1. The highest BCUT2D eigenvalue weighted by atomic mass is 16.5. The third kappa shape index (κ3) is 2.01. The van der Waals surface area contributed by atoms with E-state index in [1.807, 2.05) is 19.9 Å². The molecule has 0 aliphatic heterocycles. The molecule has 2 rings (SSSR count). The standard InChI is InChI=1S/C14H15NO3/c1-8-5-10(14(16)18-4)7-11-12(17-3)6-9(2)15-13(8)11/h5-7H,1-4H3. The van der Waals surface area contributed by atoms with Gasteiger partial charge in [-0.1, -0.05) is 0 Å². The maximum atomic E-state index is 11.6. The van der Waals surface area contributed by atoms with Gasteiger partial charge >= 0.3 is 5.97 Å². The molecule has 1 heterocycles. The van der Waals surface area contributed by atoms with Crippen molar-refractivity contribution in [3.05, 3.63) is 35.0 Å². The van der Waals surface area contributed by atoms with E-state index in [1.54, 1.807) is 19.2 Å². The molecule has 0 aliphatic carbocycles. The molecule has 4 heteroatoms.